The van der Waals surface area contributed by atoms with Crippen LogP contribution in [0.25, 0.3) is 6.08 Å². The molecule has 0 aliphatic heterocycles. The molecule has 0 bridgehead atoms. The number of benzene rings is 1. The summed E-state index contributed by atoms with van der Waals surface area (Å²) in [5.74, 6) is 0. The molecule has 7 nitrogen and oxygen atoms in total. The minimum atomic E-state index is -0.430. The highest BCUT2D eigenvalue weighted by Crippen LogP contribution is 2.13. The number of nitrogens with zero attached hydrogens (tertiary/aromatic N) is 4. The number of rotatable bonds is 5. The fraction of sp³-hybridized carbons (Fsp3) is 0.118. The first kappa shape index (κ1) is 18.2. The van der Waals surface area contributed by atoms with Crippen LogP contribution in [0.5, 0.6) is 0 Å². The van der Waals surface area contributed by atoms with Crippen LogP contribution in [0, 0.1) is 10.1 Å². The van der Waals surface area contributed by atoms with Crippen molar-refractivity contribution in [3.8, 4) is 0 Å². The number of hydrazone groups is 1. The first-order valence-corrected chi connectivity index (χ1v) is 7.77. The Hall–Kier alpha value is -3.13. The normalized spacial score (nSPS) is 11.4. The van der Waals surface area contributed by atoms with Gasteiger partial charge in [0.15, 0.2) is 5.11 Å². The van der Waals surface area contributed by atoms with Gasteiger partial charge < -0.3 is 4.90 Å². The van der Waals surface area contributed by atoms with Crippen LogP contribution < -0.4 is 5.43 Å². The van der Waals surface area contributed by atoms with Crippen LogP contribution in [0.2, 0.25) is 0 Å². The van der Waals surface area contributed by atoms with Gasteiger partial charge in [0, 0.05) is 32.4 Å². The van der Waals surface area contributed by atoms with Crippen LogP contribution in [0.3, 0.4) is 0 Å². The van der Waals surface area contributed by atoms with E-state index in [2.05, 4.69) is 15.5 Å². The molecule has 0 aliphatic rings. The number of nitrogens with one attached hydrogen (secondary N) is 1. The molecule has 128 valence electrons. The van der Waals surface area contributed by atoms with Gasteiger partial charge in [-0.25, -0.2) is 0 Å². The van der Waals surface area contributed by atoms with Crippen LogP contribution in [0.1, 0.15) is 11.3 Å². The van der Waals surface area contributed by atoms with Crippen molar-refractivity contribution in [3.05, 3.63) is 76.1 Å². The zero-order valence-electron chi connectivity index (χ0n) is 13.8. The smallest absolute Gasteiger partial charge is 0.269 e. The maximum absolute atomic E-state index is 10.7. The summed E-state index contributed by atoms with van der Waals surface area (Å²) in [6, 6.07) is 11.8. The summed E-state index contributed by atoms with van der Waals surface area (Å²) in [7, 11) is 3.63. The highest BCUT2D eigenvalue weighted by atomic mass is 32.1. The highest BCUT2D eigenvalue weighted by Gasteiger charge is 2.05. The van der Waals surface area contributed by atoms with E-state index in [9.17, 15) is 10.1 Å². The zero-order chi connectivity index (χ0) is 18.2. The molecule has 1 heterocycles. The molecule has 1 aromatic heterocycles. The number of allylic oxidation sites excluding steroid dienone is 1. The number of non-ortho nitro benzene ring substituents is 1. The van der Waals surface area contributed by atoms with E-state index in [4.69, 9.17) is 12.2 Å². The first-order valence-electron chi connectivity index (χ1n) is 7.36. The molecule has 8 heteroatoms. The number of hydrogen-bond donors (Lipinski definition) is 1. The topological polar surface area (TPSA) is 83.7 Å². The van der Waals surface area contributed by atoms with Crippen molar-refractivity contribution in [3.63, 3.8) is 0 Å². The van der Waals surface area contributed by atoms with Gasteiger partial charge in [-0.3, -0.25) is 20.5 Å². The third-order valence-electron chi connectivity index (χ3n) is 3.14. The minimum absolute atomic E-state index is 0.0498. The molecule has 1 aromatic carbocycles. The van der Waals surface area contributed by atoms with E-state index < -0.39 is 4.92 Å². The molecule has 2 rings (SSSR count). The van der Waals surface area contributed by atoms with Gasteiger partial charge in [-0.1, -0.05) is 12.1 Å². The second kappa shape index (κ2) is 8.65. The summed E-state index contributed by atoms with van der Waals surface area (Å²) in [6.07, 6.45) is 5.25. The largest absolute Gasteiger partial charge is 0.354 e. The summed E-state index contributed by atoms with van der Waals surface area (Å²) < 4.78 is 0. The van der Waals surface area contributed by atoms with Crippen LogP contribution in [-0.2, 0) is 0 Å². The zero-order valence-corrected chi connectivity index (χ0v) is 14.6. The Morgan fingerprint density at radius 1 is 1.28 bits per heavy atom. The van der Waals surface area contributed by atoms with E-state index in [-0.39, 0.29) is 5.69 Å². The third-order valence-corrected chi connectivity index (χ3v) is 3.60. The molecule has 0 aliphatic carbocycles. The molecule has 1 N–H and O–H groups in total. The lowest BCUT2D eigenvalue weighted by Crippen LogP contribution is -2.31. The average Bonchev–Trinajstić information content (AvgIpc) is 2.62. The molecule has 0 atom stereocenters. The maximum atomic E-state index is 10.7. The van der Waals surface area contributed by atoms with E-state index in [1.165, 1.54) is 12.1 Å². The number of hydrogen-bond acceptors (Lipinski definition) is 5. The van der Waals surface area contributed by atoms with Gasteiger partial charge in [-0.05, 0) is 48.1 Å². The summed E-state index contributed by atoms with van der Waals surface area (Å²) in [6.45, 7) is 0. The average molecular weight is 355 g/mol. The fourth-order valence-electron chi connectivity index (χ4n) is 1.78. The Kier molecular flexibility index (Phi) is 6.30. The quantitative estimate of drug-likeness (QED) is 0.384. The van der Waals surface area contributed by atoms with Gasteiger partial charge in [-0.2, -0.15) is 5.10 Å². The molecule has 25 heavy (non-hydrogen) atoms. The molecule has 2 aromatic rings. The highest BCUT2D eigenvalue weighted by molar-refractivity contribution is 7.80. The Morgan fingerprint density at radius 3 is 2.56 bits per heavy atom. The van der Waals surface area contributed by atoms with E-state index >= 15 is 0 Å². The van der Waals surface area contributed by atoms with Crippen molar-refractivity contribution in [1.82, 2.24) is 15.3 Å². The predicted molar refractivity (Wildman–Crippen MR) is 102 cm³/mol. The van der Waals surface area contributed by atoms with Gasteiger partial charge >= 0.3 is 0 Å². The molecule has 0 amide bonds. The SMILES string of the molecule is CN(C)C(=S)N/N=C(\C=C\c1ccc([N+](=O)[O-])cc1)c1ccccn1. The lowest BCUT2D eigenvalue weighted by Gasteiger charge is -2.12. The van der Waals surface area contributed by atoms with Crippen molar-refractivity contribution < 1.29 is 4.92 Å². The van der Waals surface area contributed by atoms with Crippen molar-refractivity contribution in [2.45, 2.75) is 0 Å². The van der Waals surface area contributed by atoms with Crippen LogP contribution in [0.4, 0.5) is 5.69 Å². The molecular weight excluding hydrogens is 338 g/mol. The predicted octanol–water partition coefficient (Wildman–Crippen LogP) is 2.84. The fourth-order valence-corrected chi connectivity index (χ4v) is 1.83. The number of nitro benzene ring substituents is 1. The monoisotopic (exact) mass is 355 g/mol. The van der Waals surface area contributed by atoms with Crippen LogP contribution in [-0.4, -0.2) is 39.7 Å². The lowest BCUT2D eigenvalue weighted by atomic mass is 10.1. The van der Waals surface area contributed by atoms with Gasteiger partial charge in [0.2, 0.25) is 0 Å². The minimum Gasteiger partial charge on any atom is -0.354 e. The number of aromatic nitrogens is 1. The molecule has 0 radical (unpaired) electrons. The molecular formula is C17H17N5O2S. The van der Waals surface area contributed by atoms with Crippen LogP contribution in [0.15, 0.2) is 59.8 Å². The number of pyridine rings is 1. The summed E-state index contributed by atoms with van der Waals surface area (Å²) in [5.41, 5.74) is 4.93. The third kappa shape index (κ3) is 5.47. The summed E-state index contributed by atoms with van der Waals surface area (Å²) >= 11 is 5.16. The Balaban J connectivity index is 2.24. The standard InChI is InChI=1S/C17H17N5O2S/c1-21(2)17(25)20-19-16(15-5-3-4-12-18-15)11-8-13-6-9-14(10-7-13)22(23)24/h3-12H,1-2H3,(H,20,25)/b11-8+,19-16+. The summed E-state index contributed by atoms with van der Waals surface area (Å²) in [5, 5.41) is 15.5. The van der Waals surface area contributed by atoms with Crippen LogP contribution >= 0.6 is 12.2 Å². The Labute approximate surface area is 150 Å². The lowest BCUT2D eigenvalue weighted by molar-refractivity contribution is -0.384. The van der Waals surface area contributed by atoms with Gasteiger partial charge in [0.25, 0.3) is 5.69 Å². The van der Waals surface area contributed by atoms with E-state index in [0.29, 0.717) is 16.5 Å². The van der Waals surface area contributed by atoms with E-state index in [1.54, 1.807) is 35.4 Å². The molecule has 0 saturated heterocycles. The molecule has 0 saturated carbocycles. The Morgan fingerprint density at radius 2 is 2.00 bits per heavy atom. The maximum Gasteiger partial charge on any atom is 0.269 e. The van der Waals surface area contributed by atoms with Gasteiger partial charge in [-0.15, -0.1) is 0 Å². The van der Waals surface area contributed by atoms with Crippen molar-refractivity contribution in [2.75, 3.05) is 14.1 Å². The van der Waals surface area contributed by atoms with Crippen molar-refractivity contribution in [2.24, 2.45) is 5.10 Å². The second-order valence-corrected chi connectivity index (χ2v) is 5.59. The van der Waals surface area contributed by atoms with E-state index in [0.717, 1.165) is 5.56 Å². The Bertz CT molecular complexity index is 802. The summed E-state index contributed by atoms with van der Waals surface area (Å²) in [4.78, 5) is 16.3. The van der Waals surface area contributed by atoms with Crippen molar-refractivity contribution in [1.29, 1.82) is 0 Å². The first-order chi connectivity index (χ1) is 12.0. The second-order valence-electron chi connectivity index (χ2n) is 5.21. The number of thiocarbonyl (C=S) groups is 1. The van der Waals surface area contributed by atoms with E-state index in [1.807, 2.05) is 32.3 Å². The number of nitro groups is 1. The molecule has 0 unspecified atom stereocenters. The molecule has 0 spiro atoms. The molecule has 0 fully saturated rings. The van der Waals surface area contributed by atoms with Gasteiger partial charge in [0.05, 0.1) is 10.6 Å². The van der Waals surface area contributed by atoms with Gasteiger partial charge in [0.1, 0.15) is 5.71 Å². The van der Waals surface area contributed by atoms with Crippen molar-refractivity contribution >= 4 is 34.8 Å².